The third-order valence-electron chi connectivity index (χ3n) is 1.60. The number of anilines is 1. The molecule has 1 rings (SSSR count). The Morgan fingerprint density at radius 1 is 1.67 bits per heavy atom. The molecule has 0 saturated heterocycles. The van der Waals surface area contributed by atoms with Crippen molar-refractivity contribution in [2.75, 3.05) is 11.9 Å². The van der Waals surface area contributed by atoms with Crippen LogP contribution in [0.25, 0.3) is 0 Å². The Balaban J connectivity index is 2.20. The van der Waals surface area contributed by atoms with Gasteiger partial charge in [-0.15, -0.1) is 0 Å². The molecule has 4 N–H and O–H groups in total. The van der Waals surface area contributed by atoms with Gasteiger partial charge in [-0.2, -0.15) is 5.10 Å². The lowest BCUT2D eigenvalue weighted by molar-refractivity contribution is 0.491. The van der Waals surface area contributed by atoms with Crippen molar-refractivity contribution >= 4 is 5.69 Å². The van der Waals surface area contributed by atoms with Crippen LogP contribution in [0.15, 0.2) is 12.4 Å². The maximum Gasteiger partial charge on any atom is 0.0723 e. The predicted octanol–water partition coefficient (Wildman–Crippen LogP) is 0.949. The largest absolute Gasteiger partial charge is 0.382 e. The van der Waals surface area contributed by atoms with Gasteiger partial charge in [-0.05, 0) is 20.3 Å². The van der Waals surface area contributed by atoms with Crippen LogP contribution in [-0.4, -0.2) is 22.3 Å². The van der Waals surface area contributed by atoms with Crippen molar-refractivity contribution in [3.63, 3.8) is 0 Å². The highest BCUT2D eigenvalue weighted by atomic mass is 15.1. The van der Waals surface area contributed by atoms with Crippen molar-refractivity contribution < 1.29 is 0 Å². The van der Waals surface area contributed by atoms with Gasteiger partial charge in [0.05, 0.1) is 11.9 Å². The predicted molar refractivity (Wildman–Crippen MR) is 50.0 cm³/mol. The van der Waals surface area contributed by atoms with Gasteiger partial charge in [-0.3, -0.25) is 5.10 Å². The van der Waals surface area contributed by atoms with E-state index in [1.54, 1.807) is 6.20 Å². The van der Waals surface area contributed by atoms with E-state index in [4.69, 9.17) is 5.73 Å². The third kappa shape index (κ3) is 3.39. The number of nitrogens with two attached hydrogens (primary N) is 1. The van der Waals surface area contributed by atoms with E-state index in [1.807, 2.05) is 20.0 Å². The zero-order valence-electron chi connectivity index (χ0n) is 7.59. The van der Waals surface area contributed by atoms with Crippen LogP contribution in [0.3, 0.4) is 0 Å². The SMILES string of the molecule is CC(C)(N)CCNc1cn[nH]c1. The van der Waals surface area contributed by atoms with Crippen LogP contribution in [0.5, 0.6) is 0 Å². The molecular formula is C8H16N4. The van der Waals surface area contributed by atoms with Crippen LogP contribution in [0.1, 0.15) is 20.3 Å². The van der Waals surface area contributed by atoms with Crippen LogP contribution in [0.2, 0.25) is 0 Å². The normalized spacial score (nSPS) is 11.6. The zero-order chi connectivity index (χ0) is 9.03. The summed E-state index contributed by atoms with van der Waals surface area (Å²) in [6, 6.07) is 0. The van der Waals surface area contributed by atoms with Gasteiger partial charge in [-0.25, -0.2) is 0 Å². The number of nitrogens with one attached hydrogen (secondary N) is 2. The van der Waals surface area contributed by atoms with Crippen LogP contribution in [-0.2, 0) is 0 Å². The molecule has 0 aliphatic carbocycles. The first-order chi connectivity index (χ1) is 5.58. The molecule has 0 unspecified atom stereocenters. The standard InChI is InChI=1S/C8H16N4/c1-8(2,9)3-4-10-7-5-11-12-6-7/h5-6,10H,3-4,9H2,1-2H3,(H,11,12). The number of nitrogens with zero attached hydrogens (tertiary/aromatic N) is 1. The number of hydrogen-bond acceptors (Lipinski definition) is 3. The maximum atomic E-state index is 5.81. The first-order valence-corrected chi connectivity index (χ1v) is 4.09. The topological polar surface area (TPSA) is 66.7 Å². The van der Waals surface area contributed by atoms with Gasteiger partial charge in [0.15, 0.2) is 0 Å². The zero-order valence-corrected chi connectivity index (χ0v) is 7.59. The summed E-state index contributed by atoms with van der Waals surface area (Å²) in [4.78, 5) is 0. The minimum Gasteiger partial charge on any atom is -0.382 e. The molecule has 0 amide bonds. The van der Waals surface area contributed by atoms with E-state index in [1.165, 1.54) is 0 Å². The van der Waals surface area contributed by atoms with Crippen molar-refractivity contribution in [2.45, 2.75) is 25.8 Å². The summed E-state index contributed by atoms with van der Waals surface area (Å²) in [5.41, 5.74) is 6.72. The van der Waals surface area contributed by atoms with Gasteiger partial charge >= 0.3 is 0 Å². The molecule has 0 fully saturated rings. The smallest absolute Gasteiger partial charge is 0.0723 e. The van der Waals surface area contributed by atoms with Gasteiger partial charge < -0.3 is 11.1 Å². The summed E-state index contributed by atoms with van der Waals surface area (Å²) < 4.78 is 0. The molecule has 0 saturated carbocycles. The molecule has 0 bridgehead atoms. The highest BCUT2D eigenvalue weighted by Crippen LogP contribution is 2.05. The minimum atomic E-state index is -0.100. The van der Waals surface area contributed by atoms with Crippen molar-refractivity contribution in [1.29, 1.82) is 0 Å². The second kappa shape index (κ2) is 3.58. The third-order valence-corrected chi connectivity index (χ3v) is 1.60. The van der Waals surface area contributed by atoms with Crippen molar-refractivity contribution in [3.05, 3.63) is 12.4 Å². The molecule has 0 radical (unpaired) electrons. The van der Waals surface area contributed by atoms with E-state index in [2.05, 4.69) is 15.5 Å². The molecule has 12 heavy (non-hydrogen) atoms. The fourth-order valence-electron chi connectivity index (χ4n) is 0.877. The van der Waals surface area contributed by atoms with Gasteiger partial charge in [0.1, 0.15) is 0 Å². The molecule has 1 aromatic heterocycles. The van der Waals surface area contributed by atoms with E-state index < -0.39 is 0 Å². The van der Waals surface area contributed by atoms with Crippen LogP contribution >= 0.6 is 0 Å². The Morgan fingerprint density at radius 2 is 2.42 bits per heavy atom. The molecule has 0 spiro atoms. The Kier molecular flexibility index (Phi) is 2.70. The van der Waals surface area contributed by atoms with Crippen molar-refractivity contribution in [1.82, 2.24) is 10.2 Å². The summed E-state index contributed by atoms with van der Waals surface area (Å²) in [5.74, 6) is 0. The van der Waals surface area contributed by atoms with Crippen LogP contribution < -0.4 is 11.1 Å². The second-order valence-corrected chi connectivity index (χ2v) is 3.65. The lowest BCUT2D eigenvalue weighted by Gasteiger charge is -2.18. The minimum absolute atomic E-state index is 0.100. The fraction of sp³-hybridized carbons (Fsp3) is 0.625. The van der Waals surface area contributed by atoms with Gasteiger partial charge in [0.25, 0.3) is 0 Å². The number of aromatic nitrogens is 2. The number of H-pyrrole nitrogens is 1. The van der Waals surface area contributed by atoms with Crippen molar-refractivity contribution in [2.24, 2.45) is 5.73 Å². The molecule has 0 aliphatic rings. The van der Waals surface area contributed by atoms with Crippen LogP contribution in [0.4, 0.5) is 5.69 Å². The highest BCUT2D eigenvalue weighted by Gasteiger charge is 2.08. The second-order valence-electron chi connectivity index (χ2n) is 3.65. The first-order valence-electron chi connectivity index (χ1n) is 4.09. The fourth-order valence-corrected chi connectivity index (χ4v) is 0.877. The average Bonchev–Trinajstić information content (AvgIpc) is 2.36. The number of rotatable bonds is 4. The quantitative estimate of drug-likeness (QED) is 0.627. The summed E-state index contributed by atoms with van der Waals surface area (Å²) >= 11 is 0. The van der Waals surface area contributed by atoms with Gasteiger partial charge in [-0.1, -0.05) is 0 Å². The molecule has 4 nitrogen and oxygen atoms in total. The van der Waals surface area contributed by atoms with E-state index in [0.717, 1.165) is 18.7 Å². The van der Waals surface area contributed by atoms with E-state index in [0.29, 0.717) is 0 Å². The molecule has 0 aliphatic heterocycles. The first kappa shape index (κ1) is 9.06. The molecule has 0 aromatic carbocycles. The lowest BCUT2D eigenvalue weighted by Crippen LogP contribution is -2.34. The number of hydrogen-bond donors (Lipinski definition) is 3. The van der Waals surface area contributed by atoms with Gasteiger partial charge in [0, 0.05) is 18.3 Å². The Hall–Kier alpha value is -1.03. The summed E-state index contributed by atoms with van der Waals surface area (Å²) in [6.45, 7) is 4.91. The maximum absolute atomic E-state index is 5.81. The summed E-state index contributed by atoms with van der Waals surface area (Å²) in [6.07, 6.45) is 4.52. The molecular weight excluding hydrogens is 152 g/mol. The Labute approximate surface area is 72.5 Å². The molecule has 1 heterocycles. The summed E-state index contributed by atoms with van der Waals surface area (Å²) in [5, 5.41) is 9.76. The monoisotopic (exact) mass is 168 g/mol. The summed E-state index contributed by atoms with van der Waals surface area (Å²) in [7, 11) is 0. The molecule has 0 atom stereocenters. The molecule has 68 valence electrons. The molecule has 1 aromatic rings. The van der Waals surface area contributed by atoms with Gasteiger partial charge in [0.2, 0.25) is 0 Å². The average molecular weight is 168 g/mol. The van der Waals surface area contributed by atoms with E-state index >= 15 is 0 Å². The molecule has 4 heteroatoms. The van der Waals surface area contributed by atoms with Crippen molar-refractivity contribution in [3.8, 4) is 0 Å². The van der Waals surface area contributed by atoms with Crippen LogP contribution in [0, 0.1) is 0 Å². The van der Waals surface area contributed by atoms with E-state index in [-0.39, 0.29) is 5.54 Å². The Morgan fingerprint density at radius 3 is 2.92 bits per heavy atom. The lowest BCUT2D eigenvalue weighted by atomic mass is 10.0. The number of aromatic amines is 1. The Bertz CT molecular complexity index is 209. The van der Waals surface area contributed by atoms with E-state index in [9.17, 15) is 0 Å². The highest BCUT2D eigenvalue weighted by molar-refractivity contribution is 5.37.